The summed E-state index contributed by atoms with van der Waals surface area (Å²) in [5.41, 5.74) is 2.29. The fourth-order valence-electron chi connectivity index (χ4n) is 3.31. The molecule has 3 rings (SSSR count). The van der Waals surface area contributed by atoms with Crippen LogP contribution in [-0.4, -0.2) is 54.3 Å². The predicted molar refractivity (Wildman–Crippen MR) is 106 cm³/mol. The molecule has 0 unspecified atom stereocenters. The second-order valence-corrected chi connectivity index (χ2v) is 6.90. The first-order valence-corrected chi connectivity index (χ1v) is 9.55. The molecule has 2 aromatic rings. The molecule has 2 amide bonds. The van der Waals surface area contributed by atoms with Gasteiger partial charge in [-0.05, 0) is 11.1 Å². The van der Waals surface area contributed by atoms with Crippen LogP contribution in [0.25, 0.3) is 0 Å². The zero-order chi connectivity index (χ0) is 18.9. The van der Waals surface area contributed by atoms with Crippen LogP contribution >= 0.6 is 0 Å². The van der Waals surface area contributed by atoms with Crippen molar-refractivity contribution in [2.45, 2.75) is 19.4 Å². The average molecular weight is 365 g/mol. The van der Waals surface area contributed by atoms with Gasteiger partial charge in [0.1, 0.15) is 0 Å². The van der Waals surface area contributed by atoms with Crippen LogP contribution in [0.4, 0.5) is 0 Å². The molecule has 1 N–H and O–H groups in total. The van der Waals surface area contributed by atoms with Crippen LogP contribution in [0.5, 0.6) is 0 Å². The number of nitrogens with one attached hydrogen (secondary N) is 1. The molecule has 1 saturated heterocycles. The van der Waals surface area contributed by atoms with Gasteiger partial charge in [-0.25, -0.2) is 0 Å². The summed E-state index contributed by atoms with van der Waals surface area (Å²) < 4.78 is 0. The van der Waals surface area contributed by atoms with Crippen LogP contribution in [-0.2, 0) is 22.6 Å². The summed E-state index contributed by atoms with van der Waals surface area (Å²) in [6, 6.07) is 20.0. The molecule has 1 aliphatic rings. The highest BCUT2D eigenvalue weighted by Crippen LogP contribution is 2.09. The second-order valence-electron chi connectivity index (χ2n) is 6.90. The molecule has 1 aliphatic heterocycles. The summed E-state index contributed by atoms with van der Waals surface area (Å²) in [6.45, 7) is 4.61. The maximum atomic E-state index is 12.4. The second kappa shape index (κ2) is 9.88. The Labute approximate surface area is 161 Å². The van der Waals surface area contributed by atoms with Gasteiger partial charge in [0.2, 0.25) is 11.8 Å². The van der Waals surface area contributed by atoms with Crippen molar-refractivity contribution in [3.8, 4) is 0 Å². The number of rotatable bonds is 7. The van der Waals surface area contributed by atoms with E-state index in [0.717, 1.165) is 38.3 Å². The van der Waals surface area contributed by atoms with Crippen molar-refractivity contribution in [1.29, 1.82) is 0 Å². The number of amides is 2. The lowest BCUT2D eigenvalue weighted by Gasteiger charge is -2.34. The monoisotopic (exact) mass is 365 g/mol. The number of benzene rings is 2. The first-order valence-electron chi connectivity index (χ1n) is 9.55. The van der Waals surface area contributed by atoms with Gasteiger partial charge in [0.25, 0.3) is 0 Å². The Kier molecular flexibility index (Phi) is 6.99. The number of carbonyl (C=O) groups is 2. The number of hydrogen-bond donors (Lipinski definition) is 1. The Morgan fingerprint density at radius 3 is 2.04 bits per heavy atom. The highest BCUT2D eigenvalue weighted by molar-refractivity contribution is 5.80. The van der Waals surface area contributed by atoms with Crippen LogP contribution in [0.1, 0.15) is 17.5 Å². The fraction of sp³-hybridized carbons (Fsp3) is 0.364. The molecule has 5 nitrogen and oxygen atoms in total. The van der Waals surface area contributed by atoms with Gasteiger partial charge in [0.05, 0.1) is 6.42 Å². The van der Waals surface area contributed by atoms with Gasteiger partial charge >= 0.3 is 0 Å². The molecule has 0 aliphatic carbocycles. The van der Waals surface area contributed by atoms with E-state index in [1.54, 1.807) is 0 Å². The molecule has 142 valence electrons. The van der Waals surface area contributed by atoms with Crippen molar-refractivity contribution < 1.29 is 9.59 Å². The summed E-state index contributed by atoms with van der Waals surface area (Å²) >= 11 is 0. The lowest BCUT2D eigenvalue weighted by molar-refractivity contribution is -0.133. The highest BCUT2D eigenvalue weighted by atomic mass is 16.2. The first kappa shape index (κ1) is 19.1. The average Bonchev–Trinajstić information content (AvgIpc) is 2.70. The summed E-state index contributed by atoms with van der Waals surface area (Å²) in [5, 5.41) is 2.85. The molecule has 0 saturated carbocycles. The summed E-state index contributed by atoms with van der Waals surface area (Å²) in [6.07, 6.45) is 0.715. The van der Waals surface area contributed by atoms with Crippen LogP contribution < -0.4 is 5.32 Å². The smallest absolute Gasteiger partial charge is 0.224 e. The van der Waals surface area contributed by atoms with E-state index in [-0.39, 0.29) is 11.8 Å². The molecule has 0 bridgehead atoms. The first-order chi connectivity index (χ1) is 13.2. The molecule has 2 aromatic carbocycles. The maximum Gasteiger partial charge on any atom is 0.224 e. The Hall–Kier alpha value is -2.66. The van der Waals surface area contributed by atoms with Crippen molar-refractivity contribution in [3.63, 3.8) is 0 Å². The van der Waals surface area contributed by atoms with Crippen LogP contribution in [0.3, 0.4) is 0 Å². The zero-order valence-corrected chi connectivity index (χ0v) is 15.6. The largest absolute Gasteiger partial charge is 0.355 e. The predicted octanol–water partition coefficient (Wildman–Crippen LogP) is 2.08. The molecular formula is C22H27N3O2. The quantitative estimate of drug-likeness (QED) is 0.817. The molecular weight excluding hydrogens is 338 g/mol. The number of hydrogen-bond acceptors (Lipinski definition) is 3. The van der Waals surface area contributed by atoms with Crippen molar-refractivity contribution >= 4 is 11.8 Å². The lowest BCUT2D eigenvalue weighted by Crippen LogP contribution is -2.48. The van der Waals surface area contributed by atoms with Gasteiger partial charge in [-0.3, -0.25) is 14.5 Å². The third kappa shape index (κ3) is 6.22. The molecule has 1 heterocycles. The molecule has 5 heteroatoms. The van der Waals surface area contributed by atoms with Gasteiger partial charge < -0.3 is 10.2 Å². The maximum absolute atomic E-state index is 12.4. The van der Waals surface area contributed by atoms with Crippen molar-refractivity contribution in [1.82, 2.24) is 15.1 Å². The summed E-state index contributed by atoms with van der Waals surface area (Å²) in [5.74, 6) is 0.0797. The standard InChI is InChI=1S/C22H27N3O2/c26-21(17-19-7-3-1-4-8-19)23-12-11-22(27)25-15-13-24(14-16-25)18-20-9-5-2-6-10-20/h1-10H,11-18H2,(H,23,26). The minimum absolute atomic E-state index is 0.0401. The third-order valence-corrected chi connectivity index (χ3v) is 4.84. The normalized spacial score (nSPS) is 14.7. The van der Waals surface area contributed by atoms with Crippen LogP contribution in [0.2, 0.25) is 0 Å². The Balaban J connectivity index is 1.33. The number of nitrogens with zero attached hydrogens (tertiary/aromatic N) is 2. The van der Waals surface area contributed by atoms with Crippen molar-refractivity contribution in [2.24, 2.45) is 0 Å². The third-order valence-electron chi connectivity index (χ3n) is 4.84. The lowest BCUT2D eigenvalue weighted by atomic mass is 10.1. The van der Waals surface area contributed by atoms with Crippen molar-refractivity contribution in [2.75, 3.05) is 32.7 Å². The van der Waals surface area contributed by atoms with Crippen molar-refractivity contribution in [3.05, 3.63) is 71.8 Å². The highest BCUT2D eigenvalue weighted by Gasteiger charge is 2.20. The van der Waals surface area contributed by atoms with Gasteiger partial charge in [-0.1, -0.05) is 60.7 Å². The van der Waals surface area contributed by atoms with Crippen LogP contribution in [0.15, 0.2) is 60.7 Å². The Bertz CT molecular complexity index is 726. The Morgan fingerprint density at radius 1 is 0.815 bits per heavy atom. The fourth-order valence-corrected chi connectivity index (χ4v) is 3.31. The van der Waals surface area contributed by atoms with E-state index in [1.165, 1.54) is 5.56 Å². The minimum atomic E-state index is -0.0401. The molecule has 0 atom stereocenters. The van der Waals surface area contributed by atoms with E-state index in [2.05, 4.69) is 34.5 Å². The van der Waals surface area contributed by atoms with Gasteiger partial charge in [-0.2, -0.15) is 0 Å². The van der Waals surface area contributed by atoms with E-state index in [1.807, 2.05) is 41.3 Å². The number of piperazine rings is 1. The molecule has 1 fully saturated rings. The number of carbonyl (C=O) groups excluding carboxylic acids is 2. The molecule has 0 radical (unpaired) electrons. The van der Waals surface area contributed by atoms with E-state index in [9.17, 15) is 9.59 Å². The van der Waals surface area contributed by atoms with E-state index in [0.29, 0.717) is 19.4 Å². The zero-order valence-electron chi connectivity index (χ0n) is 15.6. The summed E-state index contributed by atoms with van der Waals surface area (Å²) in [4.78, 5) is 28.6. The van der Waals surface area contributed by atoms with Gasteiger partial charge in [-0.15, -0.1) is 0 Å². The Morgan fingerprint density at radius 2 is 1.41 bits per heavy atom. The van der Waals surface area contributed by atoms with E-state index in [4.69, 9.17) is 0 Å². The van der Waals surface area contributed by atoms with Crippen LogP contribution in [0, 0.1) is 0 Å². The van der Waals surface area contributed by atoms with E-state index < -0.39 is 0 Å². The van der Waals surface area contributed by atoms with Gasteiger partial charge in [0.15, 0.2) is 0 Å². The van der Waals surface area contributed by atoms with Gasteiger partial charge in [0, 0.05) is 45.7 Å². The molecule has 0 spiro atoms. The van der Waals surface area contributed by atoms with E-state index >= 15 is 0 Å². The minimum Gasteiger partial charge on any atom is -0.355 e. The molecule has 27 heavy (non-hydrogen) atoms. The summed E-state index contributed by atoms with van der Waals surface area (Å²) in [7, 11) is 0. The molecule has 0 aromatic heterocycles. The topological polar surface area (TPSA) is 52.7 Å². The SMILES string of the molecule is O=C(Cc1ccccc1)NCCC(=O)N1CCN(Cc2ccccc2)CC1.